The molecule has 11 atom stereocenters. The summed E-state index contributed by atoms with van der Waals surface area (Å²) in [5.41, 5.74) is 3.91. The molecule has 2 aliphatic heterocycles. The van der Waals surface area contributed by atoms with Crippen molar-refractivity contribution in [2.75, 3.05) is 12.8 Å². The zero-order valence-electron chi connectivity index (χ0n) is 27.3. The number of benzene rings is 1. The van der Waals surface area contributed by atoms with Crippen molar-refractivity contribution >= 4 is 16.0 Å². The first-order valence-corrected chi connectivity index (χ1v) is 19.1. The van der Waals surface area contributed by atoms with Crippen LogP contribution in [0.3, 0.4) is 0 Å². The van der Waals surface area contributed by atoms with Crippen molar-refractivity contribution in [3.63, 3.8) is 0 Å². The number of allylic oxidation sites excluding steroid dienone is 1. The lowest BCUT2D eigenvalue weighted by Gasteiger charge is -2.54. The number of carbonyl (C=O) groups excluding carboxylic acids is 1. The molecule has 242 valence electrons. The van der Waals surface area contributed by atoms with Crippen LogP contribution in [0.5, 0.6) is 0 Å². The molecule has 2 heterocycles. The van der Waals surface area contributed by atoms with Gasteiger partial charge in [0.05, 0.1) is 29.6 Å². The summed E-state index contributed by atoms with van der Waals surface area (Å²) in [4.78, 5) is 19.2. The normalized spacial score (nSPS) is 44.0. The number of nitrogens with zero attached hydrogens (tertiary/aromatic N) is 1. The second-order valence-corrected chi connectivity index (χ2v) is 17.7. The van der Waals surface area contributed by atoms with Crippen LogP contribution in [0.15, 0.2) is 41.5 Å². The molecule has 6 aliphatic rings. The predicted molar refractivity (Wildman–Crippen MR) is 171 cm³/mol. The molecule has 0 aromatic heterocycles. The molecular weight excluding hydrogens is 572 g/mol. The highest BCUT2D eigenvalue weighted by Gasteiger charge is 2.61. The second-order valence-electron chi connectivity index (χ2n) is 15.9. The van der Waals surface area contributed by atoms with E-state index >= 15 is 0 Å². The lowest BCUT2D eigenvalue weighted by Crippen LogP contribution is -2.52. The van der Waals surface area contributed by atoms with Crippen LogP contribution >= 0.6 is 0 Å². The van der Waals surface area contributed by atoms with E-state index in [9.17, 15) is 13.2 Å². The van der Waals surface area contributed by atoms with Gasteiger partial charge >= 0.3 is 5.97 Å². The van der Waals surface area contributed by atoms with E-state index in [0.717, 1.165) is 51.0 Å². The number of sulfonamides is 1. The molecule has 1 spiro atoms. The zero-order valence-corrected chi connectivity index (χ0v) is 28.1. The van der Waals surface area contributed by atoms with Crippen molar-refractivity contribution < 1.29 is 22.8 Å². The van der Waals surface area contributed by atoms with Crippen molar-refractivity contribution in [2.45, 2.75) is 116 Å². The molecule has 8 heteroatoms. The van der Waals surface area contributed by atoms with Crippen molar-refractivity contribution in [3.05, 3.63) is 47.0 Å². The molecule has 0 amide bonds. The van der Waals surface area contributed by atoms with Gasteiger partial charge in [0.1, 0.15) is 0 Å². The summed E-state index contributed by atoms with van der Waals surface area (Å²) in [7, 11) is -3.17. The van der Waals surface area contributed by atoms with Crippen LogP contribution in [0.4, 0.5) is 0 Å². The Morgan fingerprint density at radius 1 is 1.07 bits per heavy atom. The van der Waals surface area contributed by atoms with E-state index in [0.29, 0.717) is 34.7 Å². The summed E-state index contributed by atoms with van der Waals surface area (Å²) in [5.74, 6) is 3.02. The van der Waals surface area contributed by atoms with Crippen LogP contribution in [0.1, 0.15) is 102 Å². The van der Waals surface area contributed by atoms with Crippen LogP contribution in [0, 0.1) is 40.9 Å². The smallest absolute Gasteiger partial charge is 0.357 e. The maximum atomic E-state index is 13.1. The molecule has 44 heavy (non-hydrogen) atoms. The molecule has 5 fully saturated rings. The minimum atomic E-state index is -3.17. The predicted octanol–water partition coefficient (Wildman–Crippen LogP) is 6.51. The Balaban J connectivity index is 1.10. The molecule has 1 N–H and O–H groups in total. The zero-order chi connectivity index (χ0) is 31.0. The lowest BCUT2D eigenvalue weighted by atomic mass is 9.52. The second kappa shape index (κ2) is 11.2. The van der Waals surface area contributed by atoms with Crippen LogP contribution in [-0.4, -0.2) is 56.0 Å². The van der Waals surface area contributed by atoms with Crippen molar-refractivity contribution in [1.82, 2.24) is 9.79 Å². The van der Waals surface area contributed by atoms with Crippen LogP contribution in [0.25, 0.3) is 0 Å². The van der Waals surface area contributed by atoms with E-state index in [2.05, 4.69) is 32.4 Å². The highest BCUT2D eigenvalue weighted by Crippen LogP contribution is 2.65. The Bertz CT molecular complexity index is 1410. The standard InChI is InChI=1S/C36H52N2O5S/c1-22-17-32-33(38(21-22)43-34(39)25-9-7-6-8-10-25)24(3)36(42-32)16-14-28-29-12-11-26-18-27(37-44(5,40)41)13-15-35(26,4)31(29)19-30(28)23(2)20-36/h6-10,22,24,26-29,31-33,37H,11-21H2,1-5H3/t22-,24+,26+,27+,28-,29-,31-,32+,33?,35-,36-/m0/s1. The maximum absolute atomic E-state index is 13.1. The van der Waals surface area contributed by atoms with Gasteiger partial charge in [-0.05, 0) is 118 Å². The summed E-state index contributed by atoms with van der Waals surface area (Å²) in [5, 5.41) is 1.98. The summed E-state index contributed by atoms with van der Waals surface area (Å²) >= 11 is 0. The summed E-state index contributed by atoms with van der Waals surface area (Å²) < 4.78 is 34.0. The van der Waals surface area contributed by atoms with Gasteiger partial charge in [-0.2, -0.15) is 0 Å². The van der Waals surface area contributed by atoms with Gasteiger partial charge in [0.25, 0.3) is 0 Å². The van der Waals surface area contributed by atoms with Crippen molar-refractivity contribution in [2.24, 2.45) is 40.9 Å². The fraction of sp³-hybridized carbons (Fsp3) is 0.750. The molecule has 1 aromatic carbocycles. The third-order valence-electron chi connectivity index (χ3n) is 13.3. The molecule has 0 radical (unpaired) electrons. The van der Waals surface area contributed by atoms with Gasteiger partial charge < -0.3 is 9.57 Å². The first kappa shape index (κ1) is 30.9. The Morgan fingerprint density at radius 2 is 1.84 bits per heavy atom. The lowest BCUT2D eigenvalue weighted by molar-refractivity contribution is -0.182. The highest BCUT2D eigenvalue weighted by molar-refractivity contribution is 7.88. The number of ether oxygens (including phenoxy) is 1. The molecule has 0 bridgehead atoms. The summed E-state index contributed by atoms with van der Waals surface area (Å²) in [6.07, 6.45) is 12.3. The SMILES string of the molecule is CC1=C2C[C@H]3[C@@H](CC[C@@H]4C[C@H](NS(C)(=O)=O)CC[C@@]43C)[C@@H]2CC[C@@]2(C1)O[C@@H]1C[C@H](C)CN(OC(=O)c3ccccc3)C1[C@H]2C. The molecule has 7 rings (SSSR count). The molecule has 2 saturated heterocycles. The van der Waals surface area contributed by atoms with E-state index in [4.69, 9.17) is 9.57 Å². The molecule has 4 aliphatic carbocycles. The molecule has 7 nitrogen and oxygen atoms in total. The maximum Gasteiger partial charge on any atom is 0.357 e. The molecule has 1 aromatic rings. The van der Waals surface area contributed by atoms with E-state index in [1.807, 2.05) is 35.4 Å². The van der Waals surface area contributed by atoms with Gasteiger partial charge in [-0.15, -0.1) is 5.06 Å². The number of rotatable bonds is 4. The Hall–Kier alpha value is -1.74. The quantitative estimate of drug-likeness (QED) is 0.385. The van der Waals surface area contributed by atoms with E-state index in [1.165, 1.54) is 31.9 Å². The number of piperidine rings is 1. The van der Waals surface area contributed by atoms with Gasteiger partial charge in [0.15, 0.2) is 0 Å². The fourth-order valence-electron chi connectivity index (χ4n) is 11.2. The third kappa shape index (κ3) is 5.29. The molecule has 3 saturated carbocycles. The Kier molecular flexibility index (Phi) is 7.87. The highest BCUT2D eigenvalue weighted by atomic mass is 32.2. The van der Waals surface area contributed by atoms with E-state index in [1.54, 1.807) is 11.1 Å². The van der Waals surface area contributed by atoms with E-state index < -0.39 is 10.0 Å². The monoisotopic (exact) mass is 624 g/mol. The average molecular weight is 625 g/mol. The van der Waals surface area contributed by atoms with Crippen LogP contribution in [-0.2, 0) is 19.6 Å². The fourth-order valence-corrected chi connectivity index (χ4v) is 12.1. The number of hydrogen-bond acceptors (Lipinski definition) is 6. The Labute approximate surface area is 264 Å². The number of hydrogen-bond donors (Lipinski definition) is 1. The minimum Gasteiger partial charge on any atom is -0.369 e. The Morgan fingerprint density at radius 3 is 2.59 bits per heavy atom. The van der Waals surface area contributed by atoms with Crippen LogP contribution < -0.4 is 4.72 Å². The van der Waals surface area contributed by atoms with Gasteiger partial charge in [0, 0.05) is 18.5 Å². The first-order chi connectivity index (χ1) is 20.9. The topological polar surface area (TPSA) is 84.9 Å². The summed E-state index contributed by atoms with van der Waals surface area (Å²) in [6.45, 7) is 10.3. The molecular formula is C36H52N2O5S. The van der Waals surface area contributed by atoms with Crippen LogP contribution in [0.2, 0.25) is 0 Å². The summed E-state index contributed by atoms with van der Waals surface area (Å²) in [6, 6.07) is 9.49. The number of fused-ring (bicyclic) bond motifs is 6. The largest absolute Gasteiger partial charge is 0.369 e. The van der Waals surface area contributed by atoms with Crippen molar-refractivity contribution in [3.8, 4) is 0 Å². The van der Waals surface area contributed by atoms with Gasteiger partial charge in [-0.1, -0.05) is 50.1 Å². The van der Waals surface area contributed by atoms with Gasteiger partial charge in [0.2, 0.25) is 10.0 Å². The number of carbonyl (C=O) groups is 1. The third-order valence-corrected chi connectivity index (χ3v) is 14.1. The number of hydroxylamine groups is 2. The minimum absolute atomic E-state index is 0.0749. The number of nitrogens with one attached hydrogen (secondary N) is 1. The van der Waals surface area contributed by atoms with Gasteiger partial charge in [-0.3, -0.25) is 0 Å². The van der Waals surface area contributed by atoms with E-state index in [-0.39, 0.29) is 35.7 Å². The first-order valence-electron chi connectivity index (χ1n) is 17.2. The van der Waals surface area contributed by atoms with Gasteiger partial charge in [-0.25, -0.2) is 17.9 Å². The average Bonchev–Trinajstić information content (AvgIpc) is 3.43. The van der Waals surface area contributed by atoms with Crippen molar-refractivity contribution in [1.29, 1.82) is 0 Å². The molecule has 1 unspecified atom stereocenters.